The van der Waals surface area contributed by atoms with E-state index < -0.39 is 0 Å². The standard InChI is InChI=1S/C9H14N2O2S/c10-2-4-14-7-9(13)11-3-1-8(5-11)6-12/h8,12H,1,3-7H2. The molecule has 4 nitrogen and oxygen atoms in total. The Bertz CT molecular complexity index is 239. The molecule has 0 aliphatic carbocycles. The maximum atomic E-state index is 11.5. The third-order valence-electron chi connectivity index (χ3n) is 2.29. The Kier molecular flexibility index (Phi) is 4.77. The lowest BCUT2D eigenvalue weighted by Gasteiger charge is -2.15. The van der Waals surface area contributed by atoms with Gasteiger partial charge in [-0.2, -0.15) is 5.26 Å². The quantitative estimate of drug-likeness (QED) is 0.673. The Hall–Kier alpha value is -0.730. The van der Waals surface area contributed by atoms with Crippen LogP contribution >= 0.6 is 11.8 Å². The Morgan fingerprint density at radius 1 is 1.71 bits per heavy atom. The van der Waals surface area contributed by atoms with Gasteiger partial charge in [-0.3, -0.25) is 4.79 Å². The van der Waals surface area contributed by atoms with Crippen LogP contribution in [0, 0.1) is 17.2 Å². The van der Waals surface area contributed by atoms with Crippen LogP contribution in [-0.4, -0.2) is 47.1 Å². The van der Waals surface area contributed by atoms with Gasteiger partial charge < -0.3 is 10.0 Å². The molecule has 1 fully saturated rings. The fourth-order valence-electron chi connectivity index (χ4n) is 1.48. The second-order valence-corrected chi connectivity index (χ2v) is 4.31. The van der Waals surface area contributed by atoms with Crippen molar-refractivity contribution in [3.63, 3.8) is 0 Å². The van der Waals surface area contributed by atoms with Crippen molar-refractivity contribution in [3.8, 4) is 6.07 Å². The van der Waals surface area contributed by atoms with Crippen LogP contribution in [0.5, 0.6) is 0 Å². The van der Waals surface area contributed by atoms with Gasteiger partial charge in [0, 0.05) is 25.6 Å². The zero-order valence-electron chi connectivity index (χ0n) is 7.98. The number of aliphatic hydroxyl groups excluding tert-OH is 1. The number of likely N-dealkylation sites (tertiary alicyclic amines) is 1. The van der Waals surface area contributed by atoms with Gasteiger partial charge in [0.25, 0.3) is 0 Å². The second kappa shape index (κ2) is 5.89. The van der Waals surface area contributed by atoms with E-state index in [0.717, 1.165) is 13.0 Å². The van der Waals surface area contributed by atoms with Crippen molar-refractivity contribution < 1.29 is 9.90 Å². The Labute approximate surface area is 87.9 Å². The number of thioether (sulfide) groups is 1. The molecule has 5 heteroatoms. The molecule has 1 amide bonds. The Morgan fingerprint density at radius 3 is 3.07 bits per heavy atom. The summed E-state index contributed by atoms with van der Waals surface area (Å²) < 4.78 is 0. The molecule has 1 aliphatic heterocycles. The molecule has 1 N–H and O–H groups in total. The van der Waals surface area contributed by atoms with Gasteiger partial charge in [0.2, 0.25) is 5.91 Å². The number of carbonyl (C=O) groups is 1. The van der Waals surface area contributed by atoms with E-state index in [9.17, 15) is 4.79 Å². The summed E-state index contributed by atoms with van der Waals surface area (Å²) in [4.78, 5) is 13.3. The highest BCUT2D eigenvalue weighted by Crippen LogP contribution is 2.16. The van der Waals surface area contributed by atoms with Crippen molar-refractivity contribution in [2.24, 2.45) is 5.92 Å². The lowest BCUT2D eigenvalue weighted by Crippen LogP contribution is -2.30. The summed E-state index contributed by atoms with van der Waals surface area (Å²) in [5.74, 6) is 1.08. The Morgan fingerprint density at radius 2 is 2.50 bits per heavy atom. The molecule has 1 rings (SSSR count). The average Bonchev–Trinajstić information content (AvgIpc) is 2.66. The van der Waals surface area contributed by atoms with Crippen LogP contribution < -0.4 is 0 Å². The summed E-state index contributed by atoms with van der Waals surface area (Å²) in [6.07, 6.45) is 0.894. The minimum Gasteiger partial charge on any atom is -0.396 e. The van der Waals surface area contributed by atoms with Gasteiger partial charge in [0.1, 0.15) is 0 Å². The van der Waals surface area contributed by atoms with E-state index >= 15 is 0 Å². The molecule has 1 atom stereocenters. The van der Waals surface area contributed by atoms with E-state index in [4.69, 9.17) is 10.4 Å². The predicted molar refractivity (Wildman–Crippen MR) is 54.7 cm³/mol. The number of carbonyl (C=O) groups excluding carboxylic acids is 1. The maximum Gasteiger partial charge on any atom is 0.232 e. The van der Waals surface area contributed by atoms with Crippen LogP contribution in [0.2, 0.25) is 0 Å². The van der Waals surface area contributed by atoms with E-state index in [-0.39, 0.29) is 18.4 Å². The zero-order valence-corrected chi connectivity index (χ0v) is 8.79. The second-order valence-electron chi connectivity index (χ2n) is 3.33. The van der Waals surface area contributed by atoms with E-state index in [1.54, 1.807) is 4.90 Å². The SMILES string of the molecule is N#CCSCC(=O)N1CCC(CO)C1. The average molecular weight is 214 g/mol. The first-order valence-electron chi connectivity index (χ1n) is 4.61. The first kappa shape index (κ1) is 11.3. The first-order valence-corrected chi connectivity index (χ1v) is 5.76. The summed E-state index contributed by atoms with van der Waals surface area (Å²) in [6, 6.07) is 1.99. The fourth-order valence-corrected chi connectivity index (χ4v) is 2.03. The number of hydrogen-bond acceptors (Lipinski definition) is 4. The predicted octanol–water partition coefficient (Wildman–Crippen LogP) is 0.0840. The summed E-state index contributed by atoms with van der Waals surface area (Å²) in [5, 5.41) is 17.2. The smallest absolute Gasteiger partial charge is 0.232 e. The van der Waals surface area contributed by atoms with Gasteiger partial charge in [-0.1, -0.05) is 0 Å². The number of aliphatic hydroxyl groups is 1. The molecule has 1 heterocycles. The highest BCUT2D eigenvalue weighted by molar-refractivity contribution is 8.00. The zero-order chi connectivity index (χ0) is 10.4. The molecule has 0 aromatic rings. The number of rotatable bonds is 4. The van der Waals surface area contributed by atoms with Crippen molar-refractivity contribution in [3.05, 3.63) is 0 Å². The van der Waals surface area contributed by atoms with Crippen LogP contribution in [0.25, 0.3) is 0 Å². The molecule has 14 heavy (non-hydrogen) atoms. The first-order chi connectivity index (χ1) is 6.77. The van der Waals surface area contributed by atoms with Crippen molar-refractivity contribution in [1.82, 2.24) is 4.90 Å². The van der Waals surface area contributed by atoms with Gasteiger partial charge in [-0.05, 0) is 6.42 Å². The summed E-state index contributed by atoms with van der Waals surface area (Å²) in [7, 11) is 0. The van der Waals surface area contributed by atoms with Crippen LogP contribution in [0.15, 0.2) is 0 Å². The fraction of sp³-hybridized carbons (Fsp3) is 0.778. The van der Waals surface area contributed by atoms with E-state index in [0.29, 0.717) is 18.1 Å². The molecule has 78 valence electrons. The topological polar surface area (TPSA) is 64.3 Å². The van der Waals surface area contributed by atoms with Gasteiger partial charge >= 0.3 is 0 Å². The maximum absolute atomic E-state index is 11.5. The van der Waals surface area contributed by atoms with Crippen molar-refractivity contribution in [2.75, 3.05) is 31.2 Å². The Balaban J connectivity index is 2.22. The minimum absolute atomic E-state index is 0.0844. The summed E-state index contributed by atoms with van der Waals surface area (Å²) >= 11 is 1.34. The summed E-state index contributed by atoms with van der Waals surface area (Å²) in [6.45, 7) is 1.58. The highest BCUT2D eigenvalue weighted by atomic mass is 32.2. The number of hydrogen-bond donors (Lipinski definition) is 1. The van der Waals surface area contributed by atoms with E-state index in [1.165, 1.54) is 11.8 Å². The molecule has 1 aliphatic rings. The van der Waals surface area contributed by atoms with Crippen LogP contribution in [-0.2, 0) is 4.79 Å². The number of nitriles is 1. The molecule has 0 saturated carbocycles. The number of amides is 1. The summed E-state index contributed by atoms with van der Waals surface area (Å²) in [5.41, 5.74) is 0. The monoisotopic (exact) mass is 214 g/mol. The molecular formula is C9H14N2O2S. The van der Waals surface area contributed by atoms with Crippen molar-refractivity contribution in [2.45, 2.75) is 6.42 Å². The lowest BCUT2D eigenvalue weighted by atomic mass is 10.1. The molecule has 0 aromatic heterocycles. The normalized spacial score (nSPS) is 20.9. The molecule has 0 bridgehead atoms. The van der Waals surface area contributed by atoms with Gasteiger partial charge in [0.05, 0.1) is 17.6 Å². The highest BCUT2D eigenvalue weighted by Gasteiger charge is 2.24. The van der Waals surface area contributed by atoms with Crippen molar-refractivity contribution >= 4 is 17.7 Å². The van der Waals surface area contributed by atoms with Crippen LogP contribution in [0.3, 0.4) is 0 Å². The molecule has 0 aromatic carbocycles. The van der Waals surface area contributed by atoms with E-state index in [1.807, 2.05) is 6.07 Å². The molecule has 1 saturated heterocycles. The molecule has 0 radical (unpaired) electrons. The van der Waals surface area contributed by atoms with Crippen LogP contribution in [0.1, 0.15) is 6.42 Å². The van der Waals surface area contributed by atoms with Gasteiger partial charge in [0.15, 0.2) is 0 Å². The molecule has 1 unspecified atom stereocenters. The third kappa shape index (κ3) is 3.20. The molecule has 0 spiro atoms. The minimum atomic E-state index is 0.0844. The number of nitrogens with zero attached hydrogens (tertiary/aromatic N) is 2. The van der Waals surface area contributed by atoms with Crippen molar-refractivity contribution in [1.29, 1.82) is 5.26 Å². The molecular weight excluding hydrogens is 200 g/mol. The van der Waals surface area contributed by atoms with Crippen LogP contribution in [0.4, 0.5) is 0 Å². The third-order valence-corrected chi connectivity index (χ3v) is 3.07. The van der Waals surface area contributed by atoms with Gasteiger partial charge in [-0.15, -0.1) is 11.8 Å². The lowest BCUT2D eigenvalue weighted by molar-refractivity contribution is -0.127. The van der Waals surface area contributed by atoms with E-state index in [2.05, 4.69) is 0 Å². The van der Waals surface area contributed by atoms with Gasteiger partial charge in [-0.25, -0.2) is 0 Å². The largest absolute Gasteiger partial charge is 0.396 e.